The standard InChI is InChI=1S/C24H31N5O2/c1-17(2)14-23(30)28-12-9-19(10-13-28)18-5-7-21(8-6-18)26-24(31)20-15-29(16-20)22-4-3-11-25-27-22/h3-8,11,17,19-20H,9-10,12-16H2,1-2H3,(H,26,31). The van der Waals surface area contributed by atoms with Gasteiger partial charge in [0.25, 0.3) is 0 Å². The number of nitrogens with zero attached hydrogens (tertiary/aromatic N) is 4. The predicted octanol–water partition coefficient (Wildman–Crippen LogP) is 3.30. The van der Waals surface area contributed by atoms with Crippen molar-refractivity contribution in [2.75, 3.05) is 36.4 Å². The lowest BCUT2D eigenvalue weighted by molar-refractivity contribution is -0.133. The highest BCUT2D eigenvalue weighted by Gasteiger charge is 2.33. The molecule has 3 heterocycles. The fourth-order valence-electron chi connectivity index (χ4n) is 4.32. The molecule has 31 heavy (non-hydrogen) atoms. The van der Waals surface area contributed by atoms with E-state index in [-0.39, 0.29) is 17.7 Å². The highest BCUT2D eigenvalue weighted by Crippen LogP contribution is 2.30. The lowest BCUT2D eigenvalue weighted by Crippen LogP contribution is -2.52. The second-order valence-corrected chi connectivity index (χ2v) is 9.05. The van der Waals surface area contributed by atoms with Crippen LogP contribution in [0.25, 0.3) is 0 Å². The first kappa shape index (κ1) is 21.3. The number of rotatable bonds is 6. The van der Waals surface area contributed by atoms with Gasteiger partial charge >= 0.3 is 0 Å². The predicted molar refractivity (Wildman–Crippen MR) is 121 cm³/mol. The molecule has 0 aliphatic carbocycles. The Morgan fingerprint density at radius 1 is 1.10 bits per heavy atom. The average molecular weight is 422 g/mol. The van der Waals surface area contributed by atoms with Crippen molar-refractivity contribution in [3.8, 4) is 0 Å². The van der Waals surface area contributed by atoms with Gasteiger partial charge in [-0.1, -0.05) is 26.0 Å². The molecule has 1 aromatic carbocycles. The van der Waals surface area contributed by atoms with E-state index in [1.54, 1.807) is 6.20 Å². The van der Waals surface area contributed by atoms with E-state index in [0.717, 1.165) is 37.4 Å². The minimum atomic E-state index is -0.0330. The molecule has 0 spiro atoms. The maximum absolute atomic E-state index is 12.5. The summed E-state index contributed by atoms with van der Waals surface area (Å²) in [5.74, 6) is 1.98. The smallest absolute Gasteiger partial charge is 0.231 e. The molecule has 1 N–H and O–H groups in total. The molecule has 2 amide bonds. The molecule has 2 fully saturated rings. The lowest BCUT2D eigenvalue weighted by atomic mass is 9.89. The van der Waals surface area contributed by atoms with Crippen molar-refractivity contribution in [1.29, 1.82) is 0 Å². The summed E-state index contributed by atoms with van der Waals surface area (Å²) in [6, 6.07) is 12.0. The van der Waals surface area contributed by atoms with Crippen LogP contribution in [0.15, 0.2) is 42.6 Å². The number of nitrogens with one attached hydrogen (secondary N) is 1. The largest absolute Gasteiger partial charge is 0.353 e. The maximum atomic E-state index is 12.5. The number of piperidine rings is 1. The average Bonchev–Trinajstić information content (AvgIpc) is 2.74. The van der Waals surface area contributed by atoms with Crippen LogP contribution in [0.3, 0.4) is 0 Å². The van der Waals surface area contributed by atoms with Crippen molar-refractivity contribution in [3.63, 3.8) is 0 Å². The van der Waals surface area contributed by atoms with E-state index >= 15 is 0 Å². The number of amides is 2. The van der Waals surface area contributed by atoms with Gasteiger partial charge in [0.1, 0.15) is 0 Å². The van der Waals surface area contributed by atoms with Gasteiger partial charge < -0.3 is 15.1 Å². The molecule has 2 aromatic rings. The number of hydrogen-bond donors (Lipinski definition) is 1. The Balaban J connectivity index is 1.24. The van der Waals surface area contributed by atoms with Crippen LogP contribution in [-0.2, 0) is 9.59 Å². The molecule has 2 aliphatic heterocycles. The van der Waals surface area contributed by atoms with Gasteiger partial charge in [-0.3, -0.25) is 9.59 Å². The number of aromatic nitrogens is 2. The molecule has 0 atom stereocenters. The number of carbonyl (C=O) groups is 2. The Labute approximate surface area is 183 Å². The zero-order valence-electron chi connectivity index (χ0n) is 18.3. The fourth-order valence-corrected chi connectivity index (χ4v) is 4.32. The van der Waals surface area contributed by atoms with Crippen LogP contribution in [0.5, 0.6) is 0 Å². The quantitative estimate of drug-likeness (QED) is 0.774. The molecular weight excluding hydrogens is 390 g/mol. The number of anilines is 2. The van der Waals surface area contributed by atoms with E-state index in [1.807, 2.05) is 29.2 Å². The Hall–Kier alpha value is -2.96. The first-order valence-corrected chi connectivity index (χ1v) is 11.2. The van der Waals surface area contributed by atoms with Gasteiger partial charge in [-0.05, 0) is 54.5 Å². The third-order valence-corrected chi connectivity index (χ3v) is 6.21. The van der Waals surface area contributed by atoms with Crippen LogP contribution in [0.1, 0.15) is 44.6 Å². The zero-order valence-corrected chi connectivity index (χ0v) is 18.3. The molecule has 7 heteroatoms. The summed E-state index contributed by atoms with van der Waals surface area (Å²) in [6.07, 6.45) is 4.27. The minimum absolute atomic E-state index is 0.0330. The van der Waals surface area contributed by atoms with Crippen molar-refractivity contribution in [2.45, 2.75) is 39.0 Å². The van der Waals surface area contributed by atoms with E-state index < -0.39 is 0 Å². The van der Waals surface area contributed by atoms with Crippen molar-refractivity contribution in [3.05, 3.63) is 48.2 Å². The molecule has 1 aromatic heterocycles. The Bertz CT molecular complexity index is 886. The first-order valence-electron chi connectivity index (χ1n) is 11.2. The summed E-state index contributed by atoms with van der Waals surface area (Å²) in [5.41, 5.74) is 2.11. The molecular formula is C24H31N5O2. The molecule has 0 bridgehead atoms. The SMILES string of the molecule is CC(C)CC(=O)N1CCC(c2ccc(NC(=O)C3CN(c4cccnn4)C3)cc2)CC1. The summed E-state index contributed by atoms with van der Waals surface area (Å²) >= 11 is 0. The van der Waals surface area contributed by atoms with E-state index in [0.29, 0.717) is 31.3 Å². The number of likely N-dealkylation sites (tertiary alicyclic amines) is 1. The van der Waals surface area contributed by atoms with Gasteiger partial charge in [0.2, 0.25) is 11.8 Å². The van der Waals surface area contributed by atoms with Crippen molar-refractivity contribution in [1.82, 2.24) is 15.1 Å². The maximum Gasteiger partial charge on any atom is 0.231 e. The number of hydrogen-bond acceptors (Lipinski definition) is 5. The van der Waals surface area contributed by atoms with Gasteiger partial charge in [-0.15, -0.1) is 5.10 Å². The normalized spacial score (nSPS) is 17.5. The van der Waals surface area contributed by atoms with Crippen LogP contribution in [-0.4, -0.2) is 53.1 Å². The van der Waals surface area contributed by atoms with Crippen LogP contribution < -0.4 is 10.2 Å². The van der Waals surface area contributed by atoms with E-state index in [1.165, 1.54) is 5.56 Å². The topological polar surface area (TPSA) is 78.4 Å². The van der Waals surface area contributed by atoms with E-state index in [9.17, 15) is 9.59 Å². The number of carbonyl (C=O) groups excluding carboxylic acids is 2. The Kier molecular flexibility index (Phi) is 6.49. The van der Waals surface area contributed by atoms with Crippen molar-refractivity contribution < 1.29 is 9.59 Å². The van der Waals surface area contributed by atoms with Crippen molar-refractivity contribution >= 4 is 23.3 Å². The molecule has 164 valence electrons. The fraction of sp³-hybridized carbons (Fsp3) is 0.500. The first-order chi connectivity index (χ1) is 15.0. The van der Waals surface area contributed by atoms with Crippen LogP contribution in [0.2, 0.25) is 0 Å². The van der Waals surface area contributed by atoms with Crippen LogP contribution >= 0.6 is 0 Å². The molecule has 0 saturated carbocycles. The van der Waals surface area contributed by atoms with Crippen LogP contribution in [0.4, 0.5) is 11.5 Å². The summed E-state index contributed by atoms with van der Waals surface area (Å²) < 4.78 is 0. The monoisotopic (exact) mass is 421 g/mol. The van der Waals surface area contributed by atoms with Gasteiger partial charge in [0.05, 0.1) is 5.92 Å². The van der Waals surface area contributed by atoms with Gasteiger partial charge in [-0.2, -0.15) is 5.10 Å². The second kappa shape index (κ2) is 9.45. The zero-order chi connectivity index (χ0) is 21.8. The van der Waals surface area contributed by atoms with Crippen LogP contribution in [0, 0.1) is 11.8 Å². The molecule has 0 radical (unpaired) electrons. The lowest BCUT2D eigenvalue weighted by Gasteiger charge is -2.38. The Morgan fingerprint density at radius 2 is 1.81 bits per heavy atom. The minimum Gasteiger partial charge on any atom is -0.353 e. The highest BCUT2D eigenvalue weighted by molar-refractivity contribution is 5.94. The molecule has 7 nitrogen and oxygen atoms in total. The van der Waals surface area contributed by atoms with E-state index in [2.05, 4.69) is 46.4 Å². The molecule has 4 rings (SSSR count). The summed E-state index contributed by atoms with van der Waals surface area (Å²) in [5, 5.41) is 11.0. The molecule has 2 saturated heterocycles. The third kappa shape index (κ3) is 5.21. The third-order valence-electron chi connectivity index (χ3n) is 6.21. The molecule has 0 unspecified atom stereocenters. The van der Waals surface area contributed by atoms with Gasteiger partial charge in [0.15, 0.2) is 5.82 Å². The van der Waals surface area contributed by atoms with Gasteiger partial charge in [-0.25, -0.2) is 0 Å². The molecule has 2 aliphatic rings. The summed E-state index contributed by atoms with van der Waals surface area (Å²) in [6.45, 7) is 7.17. The van der Waals surface area contributed by atoms with Gasteiger partial charge in [0, 0.05) is 44.5 Å². The summed E-state index contributed by atoms with van der Waals surface area (Å²) in [4.78, 5) is 28.8. The second-order valence-electron chi connectivity index (χ2n) is 9.05. The number of benzene rings is 1. The summed E-state index contributed by atoms with van der Waals surface area (Å²) in [7, 11) is 0. The Morgan fingerprint density at radius 3 is 2.42 bits per heavy atom. The highest BCUT2D eigenvalue weighted by atomic mass is 16.2. The van der Waals surface area contributed by atoms with Crippen molar-refractivity contribution in [2.24, 2.45) is 11.8 Å². The van der Waals surface area contributed by atoms with E-state index in [4.69, 9.17) is 0 Å².